The molecule has 0 aromatic carbocycles. The van der Waals surface area contributed by atoms with Crippen LogP contribution in [0.3, 0.4) is 0 Å². The summed E-state index contributed by atoms with van der Waals surface area (Å²) in [6, 6.07) is -0.416. The third kappa shape index (κ3) is 3.89. The van der Waals surface area contributed by atoms with Crippen molar-refractivity contribution in [1.82, 2.24) is 10.2 Å². The van der Waals surface area contributed by atoms with Crippen molar-refractivity contribution < 1.29 is 19.8 Å². The van der Waals surface area contributed by atoms with E-state index in [4.69, 9.17) is 10.2 Å². The number of aliphatic hydroxyl groups is 1. The van der Waals surface area contributed by atoms with Crippen molar-refractivity contribution in [2.75, 3.05) is 19.7 Å². The zero-order valence-corrected chi connectivity index (χ0v) is 10.1. The molecule has 2 unspecified atom stereocenters. The van der Waals surface area contributed by atoms with Crippen LogP contribution >= 0.6 is 0 Å². The SMILES string of the molecule is CC(CNC(=O)N1CCCCC1CO)C(=O)O. The monoisotopic (exact) mass is 244 g/mol. The molecule has 1 fully saturated rings. The molecule has 0 spiro atoms. The molecule has 1 aliphatic rings. The van der Waals surface area contributed by atoms with Gasteiger partial charge in [0.25, 0.3) is 0 Å². The first-order valence-corrected chi connectivity index (χ1v) is 5.94. The molecule has 1 rings (SSSR count). The Bertz CT molecular complexity index is 283. The first-order chi connectivity index (χ1) is 8.06. The number of rotatable bonds is 4. The maximum absolute atomic E-state index is 11.8. The van der Waals surface area contributed by atoms with E-state index in [9.17, 15) is 9.59 Å². The highest BCUT2D eigenvalue weighted by molar-refractivity contribution is 5.76. The number of carboxylic acids is 1. The molecule has 2 amide bonds. The van der Waals surface area contributed by atoms with Crippen molar-refractivity contribution in [3.05, 3.63) is 0 Å². The lowest BCUT2D eigenvalue weighted by Gasteiger charge is -2.34. The minimum atomic E-state index is -0.928. The van der Waals surface area contributed by atoms with E-state index in [0.717, 1.165) is 19.3 Å². The molecule has 1 aliphatic heterocycles. The Morgan fingerprint density at radius 3 is 2.76 bits per heavy atom. The lowest BCUT2D eigenvalue weighted by Crippen LogP contribution is -2.51. The fourth-order valence-electron chi connectivity index (χ4n) is 1.89. The zero-order valence-electron chi connectivity index (χ0n) is 10.1. The van der Waals surface area contributed by atoms with Gasteiger partial charge in [-0.2, -0.15) is 0 Å². The second kappa shape index (κ2) is 6.44. The van der Waals surface area contributed by atoms with Gasteiger partial charge in [-0.15, -0.1) is 0 Å². The second-order valence-electron chi connectivity index (χ2n) is 4.45. The number of aliphatic hydroxyl groups excluding tert-OH is 1. The highest BCUT2D eigenvalue weighted by Crippen LogP contribution is 2.16. The normalized spacial score (nSPS) is 22.0. The fraction of sp³-hybridized carbons (Fsp3) is 0.818. The Balaban J connectivity index is 2.42. The number of urea groups is 1. The molecular formula is C11H20N2O4. The van der Waals surface area contributed by atoms with Crippen molar-refractivity contribution in [2.24, 2.45) is 5.92 Å². The van der Waals surface area contributed by atoms with Gasteiger partial charge in [0.1, 0.15) is 0 Å². The summed E-state index contributed by atoms with van der Waals surface area (Å²) in [6.45, 7) is 2.24. The molecule has 0 aromatic heterocycles. The van der Waals surface area contributed by atoms with Crippen LogP contribution < -0.4 is 5.32 Å². The van der Waals surface area contributed by atoms with Crippen LogP contribution in [0.2, 0.25) is 0 Å². The van der Waals surface area contributed by atoms with E-state index in [2.05, 4.69) is 5.32 Å². The van der Waals surface area contributed by atoms with Crippen molar-refractivity contribution in [3.8, 4) is 0 Å². The zero-order chi connectivity index (χ0) is 12.8. The number of amides is 2. The van der Waals surface area contributed by atoms with E-state index in [1.807, 2.05) is 0 Å². The lowest BCUT2D eigenvalue weighted by molar-refractivity contribution is -0.140. The van der Waals surface area contributed by atoms with Crippen LogP contribution in [0.5, 0.6) is 0 Å². The van der Waals surface area contributed by atoms with Crippen molar-refractivity contribution in [2.45, 2.75) is 32.2 Å². The number of hydrogen-bond donors (Lipinski definition) is 3. The molecule has 98 valence electrons. The third-order valence-corrected chi connectivity index (χ3v) is 3.08. The molecule has 17 heavy (non-hydrogen) atoms. The first-order valence-electron chi connectivity index (χ1n) is 5.94. The van der Waals surface area contributed by atoms with E-state index in [-0.39, 0.29) is 25.2 Å². The van der Waals surface area contributed by atoms with Crippen LogP contribution in [0.15, 0.2) is 0 Å². The Morgan fingerprint density at radius 1 is 1.47 bits per heavy atom. The summed E-state index contributed by atoms with van der Waals surface area (Å²) in [4.78, 5) is 24.0. The number of piperidine rings is 1. The largest absolute Gasteiger partial charge is 0.481 e. The van der Waals surface area contributed by atoms with E-state index in [1.165, 1.54) is 0 Å². The maximum atomic E-state index is 11.8. The van der Waals surface area contributed by atoms with Gasteiger partial charge in [0, 0.05) is 13.1 Å². The van der Waals surface area contributed by atoms with E-state index < -0.39 is 11.9 Å². The summed E-state index contributed by atoms with van der Waals surface area (Å²) in [6.07, 6.45) is 2.75. The van der Waals surface area contributed by atoms with Crippen LogP contribution in [-0.2, 0) is 4.79 Å². The smallest absolute Gasteiger partial charge is 0.317 e. The summed E-state index contributed by atoms with van der Waals surface area (Å²) < 4.78 is 0. The summed E-state index contributed by atoms with van der Waals surface area (Å²) in [5.41, 5.74) is 0. The minimum Gasteiger partial charge on any atom is -0.481 e. The summed E-state index contributed by atoms with van der Waals surface area (Å²) in [7, 11) is 0. The molecule has 6 heteroatoms. The standard InChI is InChI=1S/C11H20N2O4/c1-8(10(15)16)6-12-11(17)13-5-3-2-4-9(13)7-14/h8-9,14H,2-7H2,1H3,(H,12,17)(H,15,16). The van der Waals surface area contributed by atoms with Gasteiger partial charge in [-0.25, -0.2) is 4.79 Å². The molecule has 3 N–H and O–H groups in total. The molecule has 0 bridgehead atoms. The van der Waals surface area contributed by atoms with Gasteiger partial charge in [-0.1, -0.05) is 6.92 Å². The number of carbonyl (C=O) groups excluding carboxylic acids is 1. The average molecular weight is 244 g/mol. The van der Waals surface area contributed by atoms with Gasteiger partial charge in [0.05, 0.1) is 18.6 Å². The number of nitrogens with one attached hydrogen (secondary N) is 1. The van der Waals surface area contributed by atoms with Gasteiger partial charge >= 0.3 is 12.0 Å². The van der Waals surface area contributed by atoms with Crippen LogP contribution in [0.25, 0.3) is 0 Å². The van der Waals surface area contributed by atoms with Crippen molar-refractivity contribution in [1.29, 1.82) is 0 Å². The van der Waals surface area contributed by atoms with Crippen molar-refractivity contribution in [3.63, 3.8) is 0 Å². The highest BCUT2D eigenvalue weighted by Gasteiger charge is 2.26. The molecule has 0 saturated carbocycles. The Kier molecular flexibility index (Phi) is 5.21. The molecular weight excluding hydrogens is 224 g/mol. The Hall–Kier alpha value is -1.30. The topological polar surface area (TPSA) is 89.9 Å². The van der Waals surface area contributed by atoms with Gasteiger partial charge in [-0.3, -0.25) is 4.79 Å². The molecule has 1 saturated heterocycles. The molecule has 0 aromatic rings. The molecule has 6 nitrogen and oxygen atoms in total. The fourth-order valence-corrected chi connectivity index (χ4v) is 1.89. The van der Waals surface area contributed by atoms with Crippen LogP contribution in [0.1, 0.15) is 26.2 Å². The third-order valence-electron chi connectivity index (χ3n) is 3.08. The molecule has 1 heterocycles. The number of likely N-dealkylation sites (tertiary alicyclic amines) is 1. The van der Waals surface area contributed by atoms with E-state index >= 15 is 0 Å². The number of nitrogens with zero attached hydrogens (tertiary/aromatic N) is 1. The van der Waals surface area contributed by atoms with Gasteiger partial charge in [0.2, 0.25) is 0 Å². The van der Waals surface area contributed by atoms with Gasteiger partial charge in [0.15, 0.2) is 0 Å². The summed E-state index contributed by atoms with van der Waals surface area (Å²) >= 11 is 0. The van der Waals surface area contributed by atoms with Gasteiger partial charge < -0.3 is 20.4 Å². The average Bonchev–Trinajstić information content (AvgIpc) is 2.35. The number of carboxylic acid groups (broad SMARTS) is 1. The highest BCUT2D eigenvalue weighted by atomic mass is 16.4. The predicted octanol–water partition coefficient (Wildman–Crippen LogP) is 0.263. The van der Waals surface area contributed by atoms with E-state index in [0.29, 0.717) is 6.54 Å². The number of carbonyl (C=O) groups is 2. The number of aliphatic carboxylic acids is 1. The molecule has 0 aliphatic carbocycles. The Morgan fingerprint density at radius 2 is 2.18 bits per heavy atom. The van der Waals surface area contributed by atoms with Crippen LogP contribution in [0, 0.1) is 5.92 Å². The molecule has 2 atom stereocenters. The molecule has 0 radical (unpaired) electrons. The lowest BCUT2D eigenvalue weighted by atomic mass is 10.0. The van der Waals surface area contributed by atoms with E-state index in [1.54, 1.807) is 11.8 Å². The summed E-state index contributed by atoms with van der Waals surface area (Å²) in [5, 5.41) is 20.5. The quantitative estimate of drug-likeness (QED) is 0.662. The van der Waals surface area contributed by atoms with Crippen molar-refractivity contribution >= 4 is 12.0 Å². The minimum absolute atomic E-state index is 0.0398. The predicted molar refractivity (Wildman–Crippen MR) is 61.6 cm³/mol. The second-order valence-corrected chi connectivity index (χ2v) is 4.45. The summed E-state index contributed by atoms with van der Waals surface area (Å²) in [5.74, 6) is -1.53. The van der Waals surface area contributed by atoms with Gasteiger partial charge in [-0.05, 0) is 19.3 Å². The van der Waals surface area contributed by atoms with Crippen LogP contribution in [0.4, 0.5) is 4.79 Å². The first kappa shape index (κ1) is 13.8. The maximum Gasteiger partial charge on any atom is 0.317 e. The Labute approximate surface area is 101 Å². The number of hydrogen-bond acceptors (Lipinski definition) is 3. The van der Waals surface area contributed by atoms with Crippen LogP contribution in [-0.4, -0.2) is 52.9 Å².